The molecule has 0 atom stereocenters. The van der Waals surface area contributed by atoms with E-state index in [0.717, 1.165) is 5.56 Å². The molecule has 3 rings (SSSR count). The summed E-state index contributed by atoms with van der Waals surface area (Å²) in [4.78, 5) is 23.5. The van der Waals surface area contributed by atoms with E-state index in [1.807, 2.05) is 30.3 Å². The normalized spacial score (nSPS) is 10.6. The quantitative estimate of drug-likeness (QED) is 0.532. The highest BCUT2D eigenvalue weighted by molar-refractivity contribution is 5.97. The smallest absolute Gasteiger partial charge is 0.355 e. The molecule has 0 spiro atoms. The highest BCUT2D eigenvalue weighted by Crippen LogP contribution is 2.19. The molecule has 1 aromatic carbocycles. The Bertz CT molecular complexity index is 878. The van der Waals surface area contributed by atoms with Gasteiger partial charge in [0.15, 0.2) is 18.2 Å². The predicted molar refractivity (Wildman–Crippen MR) is 86.5 cm³/mol. The first-order valence-corrected chi connectivity index (χ1v) is 7.40. The van der Waals surface area contributed by atoms with E-state index >= 15 is 0 Å². The van der Waals surface area contributed by atoms with E-state index in [9.17, 15) is 9.59 Å². The number of aromatic nitrogens is 2. The summed E-state index contributed by atoms with van der Waals surface area (Å²) in [6.07, 6.45) is 1.60. The van der Waals surface area contributed by atoms with Crippen LogP contribution in [0.5, 0.6) is 0 Å². The lowest BCUT2D eigenvalue weighted by molar-refractivity contribution is 0.0426. The molecule has 0 bridgehead atoms. The van der Waals surface area contributed by atoms with Gasteiger partial charge in [0.2, 0.25) is 0 Å². The van der Waals surface area contributed by atoms with Crippen LogP contribution in [0.2, 0.25) is 0 Å². The molecule has 0 unspecified atom stereocenters. The molecule has 24 heavy (non-hydrogen) atoms. The Morgan fingerprint density at radius 2 is 1.96 bits per heavy atom. The Morgan fingerprint density at radius 1 is 1.21 bits per heavy atom. The summed E-state index contributed by atoms with van der Waals surface area (Å²) in [6.45, 7) is 1.42. The second-order valence-electron chi connectivity index (χ2n) is 5.40. The largest absolute Gasteiger partial charge is 0.453 e. The molecule has 122 valence electrons. The van der Waals surface area contributed by atoms with Crippen LogP contribution in [0.4, 0.5) is 0 Å². The molecule has 2 aromatic heterocycles. The van der Waals surface area contributed by atoms with E-state index < -0.39 is 5.97 Å². The van der Waals surface area contributed by atoms with Crippen LogP contribution in [0.3, 0.4) is 0 Å². The SMILES string of the molecule is CC(=O)c1cc(C(=O)OCc2cc(-c3ccccc3)no2)n(C)c1. The highest BCUT2D eigenvalue weighted by atomic mass is 16.5. The third-order valence-corrected chi connectivity index (χ3v) is 3.59. The van der Waals surface area contributed by atoms with Gasteiger partial charge in [-0.3, -0.25) is 4.79 Å². The fourth-order valence-electron chi connectivity index (χ4n) is 2.30. The van der Waals surface area contributed by atoms with Crippen molar-refractivity contribution in [3.8, 4) is 11.3 Å². The van der Waals surface area contributed by atoms with Crippen molar-refractivity contribution in [3.63, 3.8) is 0 Å². The maximum Gasteiger partial charge on any atom is 0.355 e. The molecule has 0 fully saturated rings. The summed E-state index contributed by atoms with van der Waals surface area (Å²) in [7, 11) is 1.69. The number of ketones is 1. The van der Waals surface area contributed by atoms with E-state index in [4.69, 9.17) is 9.26 Å². The number of esters is 1. The van der Waals surface area contributed by atoms with Gasteiger partial charge in [0.1, 0.15) is 11.4 Å². The molecule has 3 aromatic rings. The number of carbonyl (C=O) groups is 2. The van der Waals surface area contributed by atoms with Crippen LogP contribution in [0, 0.1) is 0 Å². The number of hydrogen-bond acceptors (Lipinski definition) is 5. The Balaban J connectivity index is 1.67. The number of nitrogens with zero attached hydrogens (tertiary/aromatic N) is 2. The Hall–Kier alpha value is -3.15. The average Bonchev–Trinajstić information content (AvgIpc) is 3.20. The van der Waals surface area contributed by atoms with E-state index in [1.54, 1.807) is 23.9 Å². The van der Waals surface area contributed by atoms with E-state index in [-0.39, 0.29) is 12.4 Å². The fraction of sp³-hybridized carbons (Fsp3) is 0.167. The summed E-state index contributed by atoms with van der Waals surface area (Å²) in [5, 5.41) is 3.97. The van der Waals surface area contributed by atoms with Crippen LogP contribution in [0.15, 0.2) is 53.2 Å². The lowest BCUT2D eigenvalue weighted by atomic mass is 10.1. The van der Waals surface area contributed by atoms with E-state index in [1.165, 1.54) is 13.0 Å². The maximum atomic E-state index is 12.1. The summed E-state index contributed by atoms with van der Waals surface area (Å²) in [5.74, 6) is -0.182. The molecule has 6 nitrogen and oxygen atoms in total. The third kappa shape index (κ3) is 3.27. The summed E-state index contributed by atoms with van der Waals surface area (Å²) < 4.78 is 12.0. The summed E-state index contributed by atoms with van der Waals surface area (Å²) in [6, 6.07) is 12.8. The molecule has 6 heteroatoms. The van der Waals surface area contributed by atoms with Gasteiger partial charge in [-0.2, -0.15) is 0 Å². The topological polar surface area (TPSA) is 74.3 Å². The van der Waals surface area contributed by atoms with Gasteiger partial charge < -0.3 is 13.8 Å². The van der Waals surface area contributed by atoms with E-state index in [2.05, 4.69) is 5.16 Å². The van der Waals surface area contributed by atoms with Gasteiger partial charge in [-0.1, -0.05) is 35.5 Å². The zero-order valence-electron chi connectivity index (χ0n) is 13.4. The fourth-order valence-corrected chi connectivity index (χ4v) is 2.30. The van der Waals surface area contributed by atoms with Crippen LogP contribution in [0.1, 0.15) is 33.5 Å². The van der Waals surface area contributed by atoms with Gasteiger partial charge in [0, 0.05) is 30.4 Å². The second-order valence-corrected chi connectivity index (χ2v) is 5.40. The van der Waals surface area contributed by atoms with Crippen molar-refractivity contribution in [2.75, 3.05) is 0 Å². The van der Waals surface area contributed by atoms with Crippen LogP contribution in [-0.4, -0.2) is 21.5 Å². The lowest BCUT2D eigenvalue weighted by Crippen LogP contribution is -2.09. The minimum Gasteiger partial charge on any atom is -0.453 e. The monoisotopic (exact) mass is 324 g/mol. The van der Waals surface area contributed by atoms with Crippen LogP contribution < -0.4 is 0 Å². The van der Waals surface area contributed by atoms with Gasteiger partial charge >= 0.3 is 5.97 Å². The first-order valence-electron chi connectivity index (χ1n) is 7.40. The van der Waals surface area contributed by atoms with Crippen molar-refractivity contribution in [2.45, 2.75) is 13.5 Å². The molecule has 2 heterocycles. The number of Topliss-reactive ketones (excluding diaryl/α,β-unsaturated/α-hetero) is 1. The first kappa shape index (κ1) is 15.7. The molecule has 0 saturated heterocycles. The second kappa shape index (κ2) is 6.54. The molecule has 0 N–H and O–H groups in total. The highest BCUT2D eigenvalue weighted by Gasteiger charge is 2.16. The van der Waals surface area contributed by atoms with Crippen LogP contribution in [-0.2, 0) is 18.4 Å². The zero-order chi connectivity index (χ0) is 17.1. The average molecular weight is 324 g/mol. The van der Waals surface area contributed by atoms with Gasteiger partial charge in [0.05, 0.1) is 0 Å². The maximum absolute atomic E-state index is 12.1. The van der Waals surface area contributed by atoms with Gasteiger partial charge in [-0.15, -0.1) is 0 Å². The Labute approximate surface area is 138 Å². The third-order valence-electron chi connectivity index (χ3n) is 3.59. The van der Waals surface area contributed by atoms with Crippen molar-refractivity contribution in [1.29, 1.82) is 0 Å². The van der Waals surface area contributed by atoms with Crippen LogP contribution >= 0.6 is 0 Å². The first-order chi connectivity index (χ1) is 11.5. The Kier molecular flexibility index (Phi) is 4.29. The minimum absolute atomic E-state index is 0.0285. The number of hydrogen-bond donors (Lipinski definition) is 0. The minimum atomic E-state index is -0.525. The summed E-state index contributed by atoms with van der Waals surface area (Å²) in [5.41, 5.74) is 2.38. The van der Waals surface area contributed by atoms with Crippen molar-refractivity contribution in [1.82, 2.24) is 9.72 Å². The zero-order valence-corrected chi connectivity index (χ0v) is 13.4. The molecule has 0 amide bonds. The number of benzene rings is 1. The molecule has 0 aliphatic carbocycles. The van der Waals surface area contributed by atoms with Crippen molar-refractivity contribution in [3.05, 3.63) is 65.7 Å². The molecular weight excluding hydrogens is 308 g/mol. The number of aryl methyl sites for hydroxylation is 1. The number of carbonyl (C=O) groups excluding carboxylic acids is 2. The predicted octanol–water partition coefficient (Wildman–Crippen LogP) is 3.24. The van der Waals surface area contributed by atoms with Crippen LogP contribution in [0.25, 0.3) is 11.3 Å². The molecule has 0 saturated carbocycles. The van der Waals surface area contributed by atoms with E-state index in [0.29, 0.717) is 22.7 Å². The lowest BCUT2D eigenvalue weighted by Gasteiger charge is -2.02. The number of rotatable bonds is 5. The van der Waals surface area contributed by atoms with Crippen molar-refractivity contribution >= 4 is 11.8 Å². The number of ether oxygens (including phenoxy) is 1. The standard InChI is InChI=1S/C18H16N2O4/c1-12(21)14-8-17(20(2)10-14)18(22)23-11-15-9-16(19-24-15)13-6-4-3-5-7-13/h3-10H,11H2,1-2H3. The molecule has 0 aliphatic heterocycles. The Morgan fingerprint density at radius 3 is 2.62 bits per heavy atom. The van der Waals surface area contributed by atoms with Gasteiger partial charge in [0.25, 0.3) is 0 Å². The molecule has 0 radical (unpaired) electrons. The van der Waals surface area contributed by atoms with Crippen molar-refractivity contribution in [2.24, 2.45) is 7.05 Å². The molecular formula is C18H16N2O4. The summed E-state index contributed by atoms with van der Waals surface area (Å²) >= 11 is 0. The van der Waals surface area contributed by atoms with Gasteiger partial charge in [-0.25, -0.2) is 4.79 Å². The van der Waals surface area contributed by atoms with Gasteiger partial charge in [-0.05, 0) is 13.0 Å². The van der Waals surface area contributed by atoms with Crippen molar-refractivity contribution < 1.29 is 18.8 Å². The molecule has 0 aliphatic rings.